The van der Waals surface area contributed by atoms with Gasteiger partial charge in [0.05, 0.1) is 25.4 Å². The third kappa shape index (κ3) is 9.61. The zero-order chi connectivity index (χ0) is 25.8. The average molecular weight is 485 g/mol. The number of aliphatic hydroxyl groups is 1. The minimum atomic E-state index is -1.67. The summed E-state index contributed by atoms with van der Waals surface area (Å²) in [5, 5.41) is 33.5. The molecule has 16 nitrogen and oxygen atoms in total. The Morgan fingerprint density at radius 3 is 2.06 bits per heavy atom. The van der Waals surface area contributed by atoms with Gasteiger partial charge in [0.25, 0.3) is 0 Å². The summed E-state index contributed by atoms with van der Waals surface area (Å²) in [5.41, 5.74) is 11.0. The Morgan fingerprint density at radius 2 is 1.56 bits per heavy atom. The monoisotopic (exact) mass is 485 g/mol. The molecule has 1 aromatic heterocycles. The molecule has 0 radical (unpaired) electrons. The van der Waals surface area contributed by atoms with Crippen molar-refractivity contribution < 1.29 is 44.1 Å². The van der Waals surface area contributed by atoms with Crippen molar-refractivity contribution in [1.82, 2.24) is 25.9 Å². The van der Waals surface area contributed by atoms with E-state index in [-0.39, 0.29) is 19.3 Å². The summed E-state index contributed by atoms with van der Waals surface area (Å²) in [6, 6.07) is -5.95. The van der Waals surface area contributed by atoms with Crippen molar-refractivity contribution in [2.45, 2.75) is 49.9 Å². The fourth-order valence-electron chi connectivity index (χ4n) is 2.67. The van der Waals surface area contributed by atoms with Gasteiger partial charge in [-0.25, -0.2) is 9.78 Å². The van der Waals surface area contributed by atoms with Crippen LogP contribution in [0.15, 0.2) is 12.5 Å². The van der Waals surface area contributed by atoms with Crippen molar-refractivity contribution in [2.24, 2.45) is 11.5 Å². The summed E-state index contributed by atoms with van der Waals surface area (Å²) in [5.74, 6) is -6.57. The number of aromatic amines is 1. The van der Waals surface area contributed by atoms with Gasteiger partial charge < -0.3 is 47.7 Å². The van der Waals surface area contributed by atoms with Crippen LogP contribution in [0, 0.1) is 0 Å². The van der Waals surface area contributed by atoms with Gasteiger partial charge in [0.15, 0.2) is 0 Å². The van der Waals surface area contributed by atoms with Crippen LogP contribution >= 0.6 is 0 Å². The van der Waals surface area contributed by atoms with E-state index in [0.717, 1.165) is 0 Å². The first-order chi connectivity index (χ1) is 15.9. The predicted octanol–water partition coefficient (Wildman–Crippen LogP) is -4.45. The molecule has 0 aliphatic heterocycles. The van der Waals surface area contributed by atoms with E-state index in [1.54, 1.807) is 0 Å². The van der Waals surface area contributed by atoms with Gasteiger partial charge in [-0.2, -0.15) is 0 Å². The van der Waals surface area contributed by atoms with E-state index in [0.29, 0.717) is 5.69 Å². The van der Waals surface area contributed by atoms with E-state index in [9.17, 15) is 28.8 Å². The Labute approximate surface area is 192 Å². The summed E-state index contributed by atoms with van der Waals surface area (Å²) >= 11 is 0. The number of aliphatic carboxylic acids is 2. The number of imidazole rings is 1. The topological polar surface area (TPSA) is 280 Å². The molecular weight excluding hydrogens is 458 g/mol. The lowest BCUT2D eigenvalue weighted by Gasteiger charge is -2.24. The van der Waals surface area contributed by atoms with Crippen LogP contribution in [0.4, 0.5) is 0 Å². The molecular formula is C18H27N7O9. The minimum absolute atomic E-state index is 0.157. The zero-order valence-corrected chi connectivity index (χ0v) is 17.9. The fraction of sp³-hybridized carbons (Fsp3) is 0.500. The van der Waals surface area contributed by atoms with Crippen LogP contribution < -0.4 is 27.4 Å². The number of hydrogen-bond donors (Lipinski definition) is 9. The molecule has 1 aromatic rings. The van der Waals surface area contributed by atoms with Crippen LogP contribution in [0.2, 0.25) is 0 Å². The highest BCUT2D eigenvalue weighted by Gasteiger charge is 2.31. The molecule has 1 rings (SSSR count). The van der Waals surface area contributed by atoms with E-state index in [1.165, 1.54) is 12.5 Å². The predicted molar refractivity (Wildman–Crippen MR) is 111 cm³/mol. The van der Waals surface area contributed by atoms with Gasteiger partial charge in [-0.3, -0.25) is 24.0 Å². The number of carbonyl (C=O) groups excluding carboxylic acids is 4. The maximum Gasteiger partial charge on any atom is 0.328 e. The van der Waals surface area contributed by atoms with Crippen molar-refractivity contribution in [1.29, 1.82) is 0 Å². The fourth-order valence-corrected chi connectivity index (χ4v) is 2.67. The molecule has 16 heteroatoms. The number of hydrogen-bond acceptors (Lipinski definition) is 9. The Balaban J connectivity index is 3.05. The molecule has 0 fully saturated rings. The lowest BCUT2D eigenvalue weighted by atomic mass is 10.1. The number of aromatic nitrogens is 2. The average Bonchev–Trinajstić information content (AvgIpc) is 3.26. The third-order valence-corrected chi connectivity index (χ3v) is 4.45. The number of nitrogens with zero attached hydrogens (tertiary/aromatic N) is 1. The first kappa shape index (κ1) is 28.0. The Bertz CT molecular complexity index is 890. The lowest BCUT2D eigenvalue weighted by molar-refractivity contribution is -0.143. The Kier molecular flexibility index (Phi) is 11.1. The van der Waals surface area contributed by atoms with Gasteiger partial charge in [-0.15, -0.1) is 0 Å². The van der Waals surface area contributed by atoms with Crippen molar-refractivity contribution in [3.63, 3.8) is 0 Å². The van der Waals surface area contributed by atoms with Gasteiger partial charge in [0.1, 0.15) is 18.1 Å². The van der Waals surface area contributed by atoms with E-state index < -0.39 is 72.8 Å². The van der Waals surface area contributed by atoms with Crippen LogP contribution in [-0.2, 0) is 35.2 Å². The number of nitrogens with one attached hydrogen (secondary N) is 4. The number of amides is 4. The van der Waals surface area contributed by atoms with Crippen molar-refractivity contribution in [3.8, 4) is 0 Å². The first-order valence-corrected chi connectivity index (χ1v) is 9.92. The number of primary amides is 1. The van der Waals surface area contributed by atoms with Gasteiger partial charge in [-0.05, 0) is 6.42 Å². The molecule has 0 aromatic carbocycles. The molecule has 4 amide bonds. The van der Waals surface area contributed by atoms with Gasteiger partial charge in [0, 0.05) is 24.7 Å². The van der Waals surface area contributed by atoms with Crippen LogP contribution in [0.1, 0.15) is 25.0 Å². The third-order valence-electron chi connectivity index (χ3n) is 4.45. The van der Waals surface area contributed by atoms with Crippen LogP contribution in [0.3, 0.4) is 0 Å². The summed E-state index contributed by atoms with van der Waals surface area (Å²) in [6.07, 6.45) is 1.15. The number of carboxylic acid groups (broad SMARTS) is 2. The normalized spacial score (nSPS) is 14.2. The smallest absolute Gasteiger partial charge is 0.328 e. The molecule has 11 N–H and O–H groups in total. The molecule has 34 heavy (non-hydrogen) atoms. The second-order valence-corrected chi connectivity index (χ2v) is 7.19. The molecule has 0 saturated heterocycles. The first-order valence-electron chi connectivity index (χ1n) is 9.92. The number of carbonyl (C=O) groups is 6. The van der Waals surface area contributed by atoms with E-state index >= 15 is 0 Å². The number of aliphatic hydroxyl groups excluding tert-OH is 1. The van der Waals surface area contributed by atoms with Crippen molar-refractivity contribution >= 4 is 35.6 Å². The molecule has 4 unspecified atom stereocenters. The second-order valence-electron chi connectivity index (χ2n) is 7.19. The van der Waals surface area contributed by atoms with Crippen molar-refractivity contribution in [3.05, 3.63) is 18.2 Å². The molecule has 188 valence electrons. The standard InChI is InChI=1S/C18H27N7O9/c19-9(4-14(28)29)15(30)24-11(3-8-5-21-7-22-8)17(32)23-10(1-2-13(20)27)16(31)25-12(6-26)18(33)34/h5,7,9-12,26H,1-4,6,19H2,(H2,20,27)(H,21,22)(H,23,32)(H,24,30)(H,25,31)(H,28,29)(H,33,34). The molecule has 0 bridgehead atoms. The molecule has 4 atom stereocenters. The molecule has 0 aliphatic carbocycles. The van der Waals surface area contributed by atoms with Crippen LogP contribution in [-0.4, -0.2) is 91.6 Å². The number of H-pyrrole nitrogens is 1. The van der Waals surface area contributed by atoms with Gasteiger partial charge >= 0.3 is 11.9 Å². The SMILES string of the molecule is NC(=O)CCC(NC(=O)C(Cc1cnc[nH]1)NC(=O)C(N)CC(=O)O)C(=O)NC(CO)C(=O)O. The van der Waals surface area contributed by atoms with Gasteiger partial charge in [0.2, 0.25) is 23.6 Å². The van der Waals surface area contributed by atoms with Crippen LogP contribution in [0.25, 0.3) is 0 Å². The Hall–Kier alpha value is -4.05. The maximum atomic E-state index is 12.9. The highest BCUT2D eigenvalue weighted by atomic mass is 16.4. The highest BCUT2D eigenvalue weighted by Crippen LogP contribution is 2.04. The molecule has 1 heterocycles. The Morgan fingerprint density at radius 1 is 0.971 bits per heavy atom. The lowest BCUT2D eigenvalue weighted by Crippen LogP contribution is -2.58. The summed E-state index contributed by atoms with van der Waals surface area (Å²) in [7, 11) is 0. The molecule has 0 aliphatic rings. The second kappa shape index (κ2) is 13.5. The quantitative estimate of drug-likeness (QED) is 0.114. The van der Waals surface area contributed by atoms with Gasteiger partial charge in [-0.1, -0.05) is 0 Å². The summed E-state index contributed by atoms with van der Waals surface area (Å²) < 4.78 is 0. The number of carboxylic acids is 2. The minimum Gasteiger partial charge on any atom is -0.481 e. The number of nitrogens with two attached hydrogens (primary N) is 2. The summed E-state index contributed by atoms with van der Waals surface area (Å²) in [6.45, 7) is -0.933. The molecule has 0 saturated carbocycles. The highest BCUT2D eigenvalue weighted by molar-refractivity contribution is 5.95. The maximum absolute atomic E-state index is 12.9. The summed E-state index contributed by atoms with van der Waals surface area (Å²) in [4.78, 5) is 77.3. The van der Waals surface area contributed by atoms with Crippen LogP contribution in [0.5, 0.6) is 0 Å². The van der Waals surface area contributed by atoms with Crippen molar-refractivity contribution in [2.75, 3.05) is 6.61 Å². The molecule has 0 spiro atoms. The van der Waals surface area contributed by atoms with E-state index in [4.69, 9.17) is 26.8 Å². The van der Waals surface area contributed by atoms with E-state index in [1.807, 2.05) is 5.32 Å². The zero-order valence-electron chi connectivity index (χ0n) is 17.9. The largest absolute Gasteiger partial charge is 0.481 e. The number of rotatable bonds is 15. The van der Waals surface area contributed by atoms with E-state index in [2.05, 4.69) is 20.6 Å².